The van der Waals surface area contributed by atoms with Crippen molar-refractivity contribution in [2.75, 3.05) is 49.7 Å². The standard InChI is InChI=1S/C16H29N7O6/c1-23(5-2-4-17)6-3-9(25)19-10-13(21-16(18)22-14(10)28)20-15-12(27)11(26)8(7-24)29-15/h8,11-12,15,24,26-27H,2-7,17H2,1H3,(H,19,25)(H4,18,20,21,22,28)/t8-,11-,12-,15?/m1/s1. The van der Waals surface area contributed by atoms with Gasteiger partial charge in [0.1, 0.15) is 18.3 Å². The second kappa shape index (κ2) is 10.5. The van der Waals surface area contributed by atoms with Gasteiger partial charge in [0.2, 0.25) is 11.9 Å². The molecule has 0 saturated carbocycles. The quantitative estimate of drug-likeness (QED) is 0.191. The Kier molecular flexibility index (Phi) is 8.31. The van der Waals surface area contributed by atoms with E-state index < -0.39 is 42.6 Å². The van der Waals surface area contributed by atoms with Gasteiger partial charge in [0.25, 0.3) is 5.56 Å². The van der Waals surface area contributed by atoms with E-state index in [1.807, 2.05) is 11.9 Å². The van der Waals surface area contributed by atoms with E-state index in [0.29, 0.717) is 13.1 Å². The van der Waals surface area contributed by atoms with Crippen molar-refractivity contribution in [3.63, 3.8) is 0 Å². The molecule has 2 heterocycles. The third-order valence-corrected chi connectivity index (χ3v) is 4.49. The summed E-state index contributed by atoms with van der Waals surface area (Å²) in [6, 6.07) is 0. The van der Waals surface area contributed by atoms with Crippen molar-refractivity contribution < 1.29 is 24.9 Å². The SMILES string of the molecule is CN(CCCN)CCC(=O)Nc1c(NC2O[C@H](CO)[C@@H](O)[C@H]2O)nc(N)[nH]c1=O. The number of ether oxygens (including phenoxy) is 1. The first-order chi connectivity index (χ1) is 13.8. The van der Waals surface area contributed by atoms with Crippen LogP contribution in [0.1, 0.15) is 12.8 Å². The molecule has 4 atom stereocenters. The van der Waals surface area contributed by atoms with Gasteiger partial charge < -0.3 is 47.1 Å². The van der Waals surface area contributed by atoms with Crippen LogP contribution in [0.25, 0.3) is 0 Å². The molecule has 1 aliphatic heterocycles. The van der Waals surface area contributed by atoms with Gasteiger partial charge in [-0.3, -0.25) is 14.6 Å². The minimum atomic E-state index is -1.39. The van der Waals surface area contributed by atoms with Crippen LogP contribution < -0.4 is 27.7 Å². The van der Waals surface area contributed by atoms with Crippen molar-refractivity contribution in [3.8, 4) is 0 Å². The Morgan fingerprint density at radius 1 is 1.34 bits per heavy atom. The number of hydrogen-bond donors (Lipinski definition) is 8. The highest BCUT2D eigenvalue weighted by atomic mass is 16.6. The lowest BCUT2D eigenvalue weighted by Gasteiger charge is -2.19. The van der Waals surface area contributed by atoms with E-state index in [0.717, 1.165) is 13.0 Å². The lowest BCUT2D eigenvalue weighted by molar-refractivity contribution is -0.116. The van der Waals surface area contributed by atoms with Crippen LogP contribution in [-0.2, 0) is 9.53 Å². The van der Waals surface area contributed by atoms with Gasteiger partial charge in [-0.2, -0.15) is 4.98 Å². The number of aliphatic hydroxyl groups is 3. The monoisotopic (exact) mass is 415 g/mol. The number of anilines is 3. The fraction of sp³-hybridized carbons (Fsp3) is 0.688. The smallest absolute Gasteiger partial charge is 0.278 e. The van der Waals surface area contributed by atoms with Crippen molar-refractivity contribution in [1.29, 1.82) is 0 Å². The van der Waals surface area contributed by atoms with E-state index in [9.17, 15) is 24.9 Å². The summed E-state index contributed by atoms with van der Waals surface area (Å²) in [5.41, 5.74) is 10.1. The number of aromatic amines is 1. The zero-order chi connectivity index (χ0) is 21.6. The molecule has 0 aliphatic carbocycles. The first-order valence-corrected chi connectivity index (χ1v) is 9.24. The number of H-pyrrole nitrogens is 1. The lowest BCUT2D eigenvalue weighted by Crippen LogP contribution is -2.37. The van der Waals surface area contributed by atoms with Crippen LogP contribution in [0.5, 0.6) is 0 Å². The van der Waals surface area contributed by atoms with Gasteiger partial charge >= 0.3 is 0 Å². The molecule has 1 unspecified atom stereocenters. The number of nitrogens with two attached hydrogens (primary N) is 2. The molecule has 0 aromatic carbocycles. The number of nitrogen functional groups attached to an aromatic ring is 1. The number of carbonyl (C=O) groups is 1. The fourth-order valence-corrected chi connectivity index (χ4v) is 2.83. The van der Waals surface area contributed by atoms with Crippen molar-refractivity contribution in [2.24, 2.45) is 5.73 Å². The predicted octanol–water partition coefficient (Wildman–Crippen LogP) is -3.19. The summed E-state index contributed by atoms with van der Waals surface area (Å²) in [5, 5.41) is 34.2. The molecule has 0 bridgehead atoms. The molecule has 0 spiro atoms. The van der Waals surface area contributed by atoms with Gasteiger partial charge in [-0.15, -0.1) is 0 Å². The van der Waals surface area contributed by atoms with Crippen LogP contribution in [-0.4, -0.2) is 93.9 Å². The average Bonchev–Trinajstić information content (AvgIpc) is 2.95. The molecule has 29 heavy (non-hydrogen) atoms. The molecule has 13 nitrogen and oxygen atoms in total. The predicted molar refractivity (Wildman–Crippen MR) is 105 cm³/mol. The summed E-state index contributed by atoms with van der Waals surface area (Å²) in [6.45, 7) is 1.25. The van der Waals surface area contributed by atoms with Crippen LogP contribution in [0, 0.1) is 0 Å². The summed E-state index contributed by atoms with van der Waals surface area (Å²) in [7, 11) is 1.86. The van der Waals surface area contributed by atoms with Crippen LogP contribution in [0.2, 0.25) is 0 Å². The van der Waals surface area contributed by atoms with Gasteiger partial charge in [-0.1, -0.05) is 0 Å². The van der Waals surface area contributed by atoms with Gasteiger partial charge in [-0.05, 0) is 26.6 Å². The normalized spacial score (nSPS) is 24.1. The number of aliphatic hydroxyl groups excluding tert-OH is 3. The van der Waals surface area contributed by atoms with Crippen molar-refractivity contribution >= 4 is 23.4 Å². The Balaban J connectivity index is 2.09. The topological polar surface area (TPSA) is 212 Å². The summed E-state index contributed by atoms with van der Waals surface area (Å²) in [5.74, 6) is -0.777. The van der Waals surface area contributed by atoms with Gasteiger partial charge in [0.15, 0.2) is 17.7 Å². The molecule has 1 amide bonds. The molecule has 1 saturated heterocycles. The fourth-order valence-electron chi connectivity index (χ4n) is 2.83. The molecule has 0 radical (unpaired) electrons. The highest BCUT2D eigenvalue weighted by Gasteiger charge is 2.42. The first-order valence-electron chi connectivity index (χ1n) is 9.24. The van der Waals surface area contributed by atoms with E-state index in [1.54, 1.807) is 0 Å². The number of aromatic nitrogens is 2. The van der Waals surface area contributed by atoms with Crippen LogP contribution in [0.4, 0.5) is 17.5 Å². The Hall–Kier alpha value is -2.29. The Morgan fingerprint density at radius 3 is 2.69 bits per heavy atom. The molecule has 13 heteroatoms. The largest absolute Gasteiger partial charge is 0.394 e. The molecular weight excluding hydrogens is 386 g/mol. The zero-order valence-electron chi connectivity index (χ0n) is 16.2. The molecule has 2 rings (SSSR count). The van der Waals surface area contributed by atoms with Crippen molar-refractivity contribution in [2.45, 2.75) is 37.4 Å². The summed E-state index contributed by atoms with van der Waals surface area (Å²) >= 11 is 0. The maximum Gasteiger partial charge on any atom is 0.278 e. The molecule has 10 N–H and O–H groups in total. The summed E-state index contributed by atoms with van der Waals surface area (Å²) in [4.78, 5) is 32.7. The summed E-state index contributed by atoms with van der Waals surface area (Å²) < 4.78 is 5.31. The van der Waals surface area contributed by atoms with E-state index in [4.69, 9.17) is 16.2 Å². The minimum absolute atomic E-state index is 0.123. The molecular formula is C16H29N7O6. The molecule has 1 aliphatic rings. The maximum absolute atomic E-state index is 12.3. The van der Waals surface area contributed by atoms with E-state index in [-0.39, 0.29) is 23.9 Å². The van der Waals surface area contributed by atoms with Crippen LogP contribution >= 0.6 is 0 Å². The molecule has 164 valence electrons. The van der Waals surface area contributed by atoms with E-state index in [1.165, 1.54) is 0 Å². The third kappa shape index (κ3) is 6.09. The number of carbonyl (C=O) groups excluding carboxylic acids is 1. The number of nitrogens with one attached hydrogen (secondary N) is 3. The van der Waals surface area contributed by atoms with Gasteiger partial charge in [-0.25, -0.2) is 0 Å². The maximum atomic E-state index is 12.3. The van der Waals surface area contributed by atoms with E-state index >= 15 is 0 Å². The van der Waals surface area contributed by atoms with Crippen LogP contribution in [0.15, 0.2) is 4.79 Å². The Labute approximate surface area is 167 Å². The Bertz CT molecular complexity index is 745. The van der Waals surface area contributed by atoms with Gasteiger partial charge in [0.05, 0.1) is 6.61 Å². The number of rotatable bonds is 10. The molecule has 1 fully saturated rings. The Morgan fingerprint density at radius 2 is 2.07 bits per heavy atom. The van der Waals surface area contributed by atoms with Crippen molar-refractivity contribution in [3.05, 3.63) is 10.4 Å². The van der Waals surface area contributed by atoms with Gasteiger partial charge in [0, 0.05) is 13.0 Å². The molecule has 1 aromatic rings. The zero-order valence-corrected chi connectivity index (χ0v) is 16.2. The molecule has 1 aromatic heterocycles. The number of hydrogen-bond acceptors (Lipinski definition) is 11. The second-order valence-corrected chi connectivity index (χ2v) is 6.82. The minimum Gasteiger partial charge on any atom is -0.394 e. The second-order valence-electron chi connectivity index (χ2n) is 6.82. The summed E-state index contributed by atoms with van der Waals surface area (Å²) in [6.07, 6.45) is -3.98. The average molecular weight is 415 g/mol. The highest BCUT2D eigenvalue weighted by Crippen LogP contribution is 2.24. The van der Waals surface area contributed by atoms with E-state index in [2.05, 4.69) is 20.6 Å². The lowest BCUT2D eigenvalue weighted by atomic mass is 10.1. The van der Waals surface area contributed by atoms with Crippen molar-refractivity contribution in [1.82, 2.24) is 14.9 Å². The third-order valence-electron chi connectivity index (χ3n) is 4.49. The highest BCUT2D eigenvalue weighted by molar-refractivity contribution is 5.93. The first kappa shape index (κ1) is 23.0. The number of amides is 1. The number of nitrogens with zero attached hydrogens (tertiary/aromatic N) is 2. The van der Waals surface area contributed by atoms with Crippen LogP contribution in [0.3, 0.4) is 0 Å².